The zero-order valence-electron chi connectivity index (χ0n) is 15.1. The van der Waals surface area contributed by atoms with Gasteiger partial charge in [0.05, 0.1) is 18.5 Å². The Balaban J connectivity index is 1.96. The summed E-state index contributed by atoms with van der Waals surface area (Å²) >= 11 is 3.20. The van der Waals surface area contributed by atoms with E-state index in [9.17, 15) is 12.8 Å². The number of anilines is 1. The van der Waals surface area contributed by atoms with Crippen molar-refractivity contribution in [3.8, 4) is 17.1 Å². The third-order valence-corrected chi connectivity index (χ3v) is 5.81. The lowest BCUT2D eigenvalue weighted by Gasteiger charge is -2.12. The van der Waals surface area contributed by atoms with Gasteiger partial charge in [0.15, 0.2) is 4.90 Å². The van der Waals surface area contributed by atoms with Crippen LogP contribution in [-0.4, -0.2) is 25.5 Å². The molecule has 0 aliphatic rings. The van der Waals surface area contributed by atoms with Crippen LogP contribution in [0.25, 0.3) is 11.3 Å². The first-order chi connectivity index (χ1) is 13.3. The summed E-state index contributed by atoms with van der Waals surface area (Å²) < 4.78 is 48.0. The van der Waals surface area contributed by atoms with Crippen LogP contribution in [0.3, 0.4) is 0 Å². The molecule has 0 radical (unpaired) electrons. The van der Waals surface area contributed by atoms with E-state index in [2.05, 4.69) is 30.6 Å². The molecule has 1 N–H and O–H groups in total. The van der Waals surface area contributed by atoms with Crippen molar-refractivity contribution in [2.45, 2.75) is 18.2 Å². The summed E-state index contributed by atoms with van der Waals surface area (Å²) in [5.74, 6) is -0.448. The quantitative estimate of drug-likeness (QED) is 0.582. The summed E-state index contributed by atoms with van der Waals surface area (Å²) in [6.45, 7) is 1.94. The fourth-order valence-corrected chi connectivity index (χ4v) is 4.27. The Morgan fingerprint density at radius 3 is 2.64 bits per heavy atom. The lowest BCUT2D eigenvalue weighted by molar-refractivity contribution is 0.385. The van der Waals surface area contributed by atoms with Gasteiger partial charge >= 0.3 is 0 Å². The summed E-state index contributed by atoms with van der Waals surface area (Å²) in [7, 11) is -2.65. The average Bonchev–Trinajstić information content (AvgIpc) is 2.67. The number of benzene rings is 1. The Morgan fingerprint density at radius 1 is 1.18 bits per heavy atom. The SMILES string of the molecule is CCc1ccc(-c2cc(NS(=O)(=O)c3cc(Br)cnc3OC)ccn2)c(F)c1. The van der Waals surface area contributed by atoms with Crippen molar-refractivity contribution in [2.75, 3.05) is 11.8 Å². The molecule has 0 atom stereocenters. The summed E-state index contributed by atoms with van der Waals surface area (Å²) in [5, 5.41) is 0. The van der Waals surface area contributed by atoms with Gasteiger partial charge in [-0.3, -0.25) is 9.71 Å². The van der Waals surface area contributed by atoms with Gasteiger partial charge in [0.1, 0.15) is 5.82 Å². The number of methoxy groups -OCH3 is 1. The van der Waals surface area contributed by atoms with E-state index in [1.807, 2.05) is 13.0 Å². The van der Waals surface area contributed by atoms with Gasteiger partial charge < -0.3 is 4.74 Å². The Hall–Kier alpha value is -2.52. The fraction of sp³-hybridized carbons (Fsp3) is 0.158. The molecule has 146 valence electrons. The number of nitrogens with zero attached hydrogens (tertiary/aromatic N) is 2. The number of halogens is 2. The van der Waals surface area contributed by atoms with E-state index >= 15 is 0 Å². The maximum Gasteiger partial charge on any atom is 0.267 e. The molecule has 2 aromatic heterocycles. The molecular weight excluding hydrogens is 449 g/mol. The molecule has 3 aromatic rings. The molecule has 0 aliphatic carbocycles. The highest BCUT2D eigenvalue weighted by atomic mass is 79.9. The van der Waals surface area contributed by atoms with E-state index in [1.165, 1.54) is 43.8 Å². The second-order valence-corrected chi connectivity index (χ2v) is 8.43. The maximum atomic E-state index is 14.4. The predicted molar refractivity (Wildman–Crippen MR) is 108 cm³/mol. The van der Waals surface area contributed by atoms with E-state index in [1.54, 1.807) is 6.07 Å². The number of aryl methyl sites for hydroxylation is 1. The van der Waals surface area contributed by atoms with Crippen LogP contribution in [0.1, 0.15) is 12.5 Å². The van der Waals surface area contributed by atoms with Crippen LogP contribution in [0.15, 0.2) is 58.2 Å². The Labute approximate surface area is 171 Å². The molecule has 0 saturated carbocycles. The third-order valence-electron chi connectivity index (χ3n) is 4.00. The van der Waals surface area contributed by atoms with Crippen LogP contribution in [0.2, 0.25) is 0 Å². The smallest absolute Gasteiger partial charge is 0.267 e. The van der Waals surface area contributed by atoms with Gasteiger partial charge in [-0.05, 0) is 58.2 Å². The van der Waals surface area contributed by atoms with E-state index in [0.29, 0.717) is 22.2 Å². The molecule has 0 saturated heterocycles. The molecule has 0 bridgehead atoms. The molecule has 9 heteroatoms. The van der Waals surface area contributed by atoms with Crippen molar-refractivity contribution in [1.29, 1.82) is 0 Å². The molecule has 3 rings (SSSR count). The molecule has 2 heterocycles. The first-order valence-corrected chi connectivity index (χ1v) is 10.6. The van der Waals surface area contributed by atoms with Gasteiger partial charge in [-0.15, -0.1) is 0 Å². The Morgan fingerprint density at radius 2 is 1.96 bits per heavy atom. The molecule has 0 fully saturated rings. The van der Waals surface area contributed by atoms with Crippen molar-refractivity contribution in [2.24, 2.45) is 0 Å². The molecule has 1 aromatic carbocycles. The molecule has 28 heavy (non-hydrogen) atoms. The van der Waals surface area contributed by atoms with Crippen molar-refractivity contribution >= 4 is 31.6 Å². The fourth-order valence-electron chi connectivity index (χ4n) is 2.59. The Bertz CT molecular complexity index is 1120. The van der Waals surface area contributed by atoms with Crippen molar-refractivity contribution in [3.05, 3.63) is 64.6 Å². The van der Waals surface area contributed by atoms with Crippen LogP contribution < -0.4 is 9.46 Å². The highest BCUT2D eigenvalue weighted by Gasteiger charge is 2.22. The zero-order valence-corrected chi connectivity index (χ0v) is 17.5. The summed E-state index contributed by atoms with van der Waals surface area (Å²) in [6.07, 6.45) is 3.56. The van der Waals surface area contributed by atoms with Crippen LogP contribution in [0, 0.1) is 5.82 Å². The second-order valence-electron chi connectivity index (χ2n) is 5.86. The predicted octanol–water partition coefficient (Wildman–Crippen LogP) is 4.42. The third kappa shape index (κ3) is 4.31. The van der Waals surface area contributed by atoms with E-state index in [0.717, 1.165) is 5.56 Å². The monoisotopic (exact) mass is 465 g/mol. The Kier molecular flexibility index (Phi) is 5.95. The van der Waals surface area contributed by atoms with Crippen LogP contribution >= 0.6 is 15.9 Å². The minimum atomic E-state index is -3.99. The van der Waals surface area contributed by atoms with E-state index in [-0.39, 0.29) is 16.5 Å². The number of nitrogens with one attached hydrogen (secondary N) is 1. The van der Waals surface area contributed by atoms with Gasteiger partial charge in [0.25, 0.3) is 10.0 Å². The van der Waals surface area contributed by atoms with Crippen LogP contribution in [0.4, 0.5) is 10.1 Å². The van der Waals surface area contributed by atoms with Gasteiger partial charge in [0.2, 0.25) is 5.88 Å². The van der Waals surface area contributed by atoms with E-state index in [4.69, 9.17) is 4.74 Å². The number of sulfonamides is 1. The highest BCUT2D eigenvalue weighted by Crippen LogP contribution is 2.28. The zero-order chi connectivity index (χ0) is 20.3. The minimum absolute atomic E-state index is 0.0359. The van der Waals surface area contributed by atoms with E-state index < -0.39 is 15.8 Å². The van der Waals surface area contributed by atoms with Gasteiger partial charge in [-0.25, -0.2) is 17.8 Å². The summed E-state index contributed by atoms with van der Waals surface area (Å²) in [4.78, 5) is 7.98. The first kappa shape index (κ1) is 20.2. The number of rotatable bonds is 6. The first-order valence-electron chi connectivity index (χ1n) is 8.31. The van der Waals surface area contributed by atoms with Crippen LogP contribution in [-0.2, 0) is 16.4 Å². The normalized spacial score (nSPS) is 11.3. The summed E-state index contributed by atoms with van der Waals surface area (Å²) in [5.41, 5.74) is 1.72. The molecule has 0 aliphatic heterocycles. The number of hydrogen-bond acceptors (Lipinski definition) is 5. The topological polar surface area (TPSA) is 81.2 Å². The minimum Gasteiger partial charge on any atom is -0.480 e. The molecule has 6 nitrogen and oxygen atoms in total. The molecule has 0 spiro atoms. The molecule has 0 unspecified atom stereocenters. The standard InChI is InChI=1S/C19H17BrFN3O3S/c1-3-12-4-5-15(16(21)8-12)17-10-14(6-7-22-17)24-28(25,26)18-9-13(20)11-23-19(18)27-2/h4-11H,3H2,1-2H3,(H,22,24). The van der Waals surface area contributed by atoms with Gasteiger partial charge in [-0.1, -0.05) is 13.0 Å². The number of aromatic nitrogens is 2. The highest BCUT2D eigenvalue weighted by molar-refractivity contribution is 9.10. The average molecular weight is 466 g/mol. The largest absolute Gasteiger partial charge is 0.480 e. The molecular formula is C19H17BrFN3O3S. The second kappa shape index (κ2) is 8.24. The van der Waals surface area contributed by atoms with Gasteiger partial charge in [0, 0.05) is 22.4 Å². The maximum absolute atomic E-state index is 14.4. The molecule has 0 amide bonds. The van der Waals surface area contributed by atoms with Crippen molar-refractivity contribution in [1.82, 2.24) is 9.97 Å². The number of hydrogen-bond donors (Lipinski definition) is 1. The lowest BCUT2D eigenvalue weighted by atomic mass is 10.1. The van der Waals surface area contributed by atoms with Crippen molar-refractivity contribution in [3.63, 3.8) is 0 Å². The van der Waals surface area contributed by atoms with Crippen LogP contribution in [0.5, 0.6) is 5.88 Å². The van der Waals surface area contributed by atoms with Crippen molar-refractivity contribution < 1.29 is 17.5 Å². The van der Waals surface area contributed by atoms with Gasteiger partial charge in [-0.2, -0.15) is 0 Å². The lowest BCUT2D eigenvalue weighted by Crippen LogP contribution is -2.15. The summed E-state index contributed by atoms with van der Waals surface area (Å²) in [6, 6.07) is 9.24. The number of pyridine rings is 2. The number of ether oxygens (including phenoxy) is 1.